The average molecular weight is 296 g/mol. The molecule has 1 rings (SSSR count). The zero-order chi connectivity index (χ0) is 16.0. The van der Waals surface area contributed by atoms with Gasteiger partial charge in [0, 0.05) is 32.3 Å². The molecular weight excluding hydrogens is 276 g/mol. The number of aliphatic hydroxyl groups is 1. The molecule has 0 radical (unpaired) electrons. The summed E-state index contributed by atoms with van der Waals surface area (Å²) >= 11 is 0. The van der Waals surface area contributed by atoms with Crippen LogP contribution in [-0.2, 0) is 0 Å². The lowest BCUT2D eigenvalue weighted by atomic mass is 10.1. The predicted molar refractivity (Wildman–Crippen MR) is 78.3 cm³/mol. The maximum atomic E-state index is 12.6. The van der Waals surface area contributed by atoms with Gasteiger partial charge in [-0.25, -0.2) is 4.98 Å². The minimum Gasteiger partial charge on any atom is -0.396 e. The molecule has 0 aromatic carbocycles. The second-order valence-corrected chi connectivity index (χ2v) is 4.77. The minimum absolute atomic E-state index is 0.0252. The Hall–Kier alpha value is -2.22. The molecule has 1 aromatic heterocycles. The molecule has 1 aromatic rings. The van der Waals surface area contributed by atoms with Crippen molar-refractivity contribution in [2.75, 3.05) is 25.5 Å². The zero-order valence-corrected chi connectivity index (χ0v) is 12.4. The van der Waals surface area contributed by atoms with Crippen molar-refractivity contribution in [3.8, 4) is 0 Å². The summed E-state index contributed by atoms with van der Waals surface area (Å²) in [6.07, 6.45) is 1.55. The maximum Gasteiger partial charge on any atom is 0.288 e. The fraction of sp³-hybridized carbons (Fsp3) is 0.538. The van der Waals surface area contributed by atoms with Crippen molar-refractivity contribution < 1.29 is 14.8 Å². The van der Waals surface area contributed by atoms with Crippen LogP contribution in [0.2, 0.25) is 0 Å². The Labute approximate surface area is 122 Å². The van der Waals surface area contributed by atoms with Crippen LogP contribution >= 0.6 is 0 Å². The van der Waals surface area contributed by atoms with Crippen LogP contribution in [0.1, 0.15) is 30.6 Å². The maximum absolute atomic E-state index is 12.6. The summed E-state index contributed by atoms with van der Waals surface area (Å²) in [6.45, 7) is 4.04. The lowest BCUT2D eigenvalue weighted by Gasteiger charge is -2.27. The number of nitrogens with one attached hydrogen (secondary N) is 1. The first-order valence-electron chi connectivity index (χ1n) is 6.66. The Kier molecular flexibility index (Phi) is 6.04. The van der Waals surface area contributed by atoms with Crippen LogP contribution in [-0.4, -0.2) is 52.1 Å². The van der Waals surface area contributed by atoms with Crippen LogP contribution < -0.4 is 5.32 Å². The SMILES string of the molecule is CNc1ncc([N+](=O)[O-])cc1C(=O)N(CCCO)C(C)C. The zero-order valence-electron chi connectivity index (χ0n) is 12.4. The number of anilines is 1. The Morgan fingerprint density at radius 3 is 2.71 bits per heavy atom. The molecule has 0 fully saturated rings. The summed E-state index contributed by atoms with van der Waals surface area (Å²) in [5.74, 6) is -0.0563. The van der Waals surface area contributed by atoms with E-state index in [1.165, 1.54) is 6.07 Å². The van der Waals surface area contributed by atoms with E-state index in [2.05, 4.69) is 10.3 Å². The largest absolute Gasteiger partial charge is 0.396 e. The van der Waals surface area contributed by atoms with Gasteiger partial charge in [-0.15, -0.1) is 0 Å². The molecule has 8 heteroatoms. The van der Waals surface area contributed by atoms with Crippen molar-refractivity contribution in [3.63, 3.8) is 0 Å². The van der Waals surface area contributed by atoms with Gasteiger partial charge in [0.05, 0.1) is 10.5 Å². The summed E-state index contributed by atoms with van der Waals surface area (Å²) in [5.41, 5.74) is -0.0819. The van der Waals surface area contributed by atoms with E-state index in [-0.39, 0.29) is 29.8 Å². The van der Waals surface area contributed by atoms with Crippen LogP contribution in [0, 0.1) is 10.1 Å². The Balaban J connectivity index is 3.18. The number of hydrogen-bond donors (Lipinski definition) is 2. The number of nitro groups is 1. The first-order chi connectivity index (χ1) is 9.92. The quantitative estimate of drug-likeness (QED) is 0.579. The van der Waals surface area contributed by atoms with Crippen molar-refractivity contribution >= 4 is 17.4 Å². The third-order valence-corrected chi connectivity index (χ3v) is 2.99. The highest BCUT2D eigenvalue weighted by molar-refractivity contribution is 5.99. The molecule has 0 bridgehead atoms. The minimum atomic E-state index is -0.587. The standard InChI is InChI=1S/C13H20N4O4/c1-9(2)16(5-4-6-18)13(19)11-7-10(17(20)21)8-15-12(11)14-3/h7-9,18H,4-6H2,1-3H3,(H,14,15). The van der Waals surface area contributed by atoms with E-state index in [0.29, 0.717) is 18.8 Å². The number of hydrogen-bond acceptors (Lipinski definition) is 6. The summed E-state index contributed by atoms with van der Waals surface area (Å²) in [4.78, 5) is 28.3. The number of pyridine rings is 1. The number of amides is 1. The molecule has 0 aliphatic carbocycles. The van der Waals surface area contributed by atoms with E-state index in [4.69, 9.17) is 5.11 Å². The van der Waals surface area contributed by atoms with Gasteiger partial charge < -0.3 is 15.3 Å². The van der Waals surface area contributed by atoms with Crippen LogP contribution in [0.3, 0.4) is 0 Å². The molecule has 2 N–H and O–H groups in total. The fourth-order valence-corrected chi connectivity index (χ4v) is 1.91. The van der Waals surface area contributed by atoms with Gasteiger partial charge in [-0.3, -0.25) is 14.9 Å². The van der Waals surface area contributed by atoms with Crippen LogP contribution in [0.25, 0.3) is 0 Å². The van der Waals surface area contributed by atoms with E-state index in [1.807, 2.05) is 13.8 Å². The third-order valence-electron chi connectivity index (χ3n) is 2.99. The van der Waals surface area contributed by atoms with Crippen molar-refractivity contribution in [3.05, 3.63) is 27.9 Å². The molecule has 0 aliphatic rings. The van der Waals surface area contributed by atoms with E-state index in [9.17, 15) is 14.9 Å². The number of nitrogens with zero attached hydrogens (tertiary/aromatic N) is 3. The third kappa shape index (κ3) is 4.12. The molecule has 0 saturated carbocycles. The Bertz CT molecular complexity index is 519. The van der Waals surface area contributed by atoms with Crippen molar-refractivity contribution in [1.29, 1.82) is 0 Å². The number of carbonyl (C=O) groups is 1. The van der Waals surface area contributed by atoms with E-state index >= 15 is 0 Å². The molecule has 116 valence electrons. The Morgan fingerprint density at radius 1 is 1.57 bits per heavy atom. The molecule has 0 spiro atoms. The molecule has 0 unspecified atom stereocenters. The van der Waals surface area contributed by atoms with Gasteiger partial charge in [0.2, 0.25) is 0 Å². The predicted octanol–water partition coefficient (Wildman–Crippen LogP) is 1.26. The monoisotopic (exact) mass is 296 g/mol. The van der Waals surface area contributed by atoms with Gasteiger partial charge in [0.25, 0.3) is 11.6 Å². The first-order valence-corrected chi connectivity index (χ1v) is 6.66. The van der Waals surface area contributed by atoms with Crippen LogP contribution in [0.5, 0.6) is 0 Å². The molecular formula is C13H20N4O4. The second kappa shape index (κ2) is 7.53. The van der Waals surface area contributed by atoms with E-state index < -0.39 is 4.92 Å². The van der Waals surface area contributed by atoms with Gasteiger partial charge in [-0.2, -0.15) is 0 Å². The van der Waals surface area contributed by atoms with Crippen molar-refractivity contribution in [1.82, 2.24) is 9.88 Å². The molecule has 8 nitrogen and oxygen atoms in total. The first kappa shape index (κ1) is 16.8. The molecule has 0 atom stereocenters. The lowest BCUT2D eigenvalue weighted by molar-refractivity contribution is -0.385. The van der Waals surface area contributed by atoms with Gasteiger partial charge in [-0.05, 0) is 20.3 Å². The molecule has 1 amide bonds. The lowest BCUT2D eigenvalue weighted by Crippen LogP contribution is -2.38. The Morgan fingerprint density at radius 2 is 2.24 bits per heavy atom. The van der Waals surface area contributed by atoms with Crippen LogP contribution in [0.15, 0.2) is 12.3 Å². The summed E-state index contributed by atoms with van der Waals surface area (Å²) in [6, 6.07) is 1.13. The van der Waals surface area contributed by atoms with Gasteiger partial charge >= 0.3 is 0 Å². The highest BCUT2D eigenvalue weighted by atomic mass is 16.6. The van der Waals surface area contributed by atoms with Gasteiger partial charge in [-0.1, -0.05) is 0 Å². The normalized spacial score (nSPS) is 10.5. The van der Waals surface area contributed by atoms with E-state index in [0.717, 1.165) is 6.20 Å². The smallest absolute Gasteiger partial charge is 0.288 e. The van der Waals surface area contributed by atoms with E-state index in [1.54, 1.807) is 11.9 Å². The fourth-order valence-electron chi connectivity index (χ4n) is 1.91. The number of carbonyl (C=O) groups excluding carboxylic acids is 1. The van der Waals surface area contributed by atoms with Gasteiger partial charge in [0.15, 0.2) is 0 Å². The molecule has 1 heterocycles. The summed E-state index contributed by atoms with van der Waals surface area (Å²) in [5, 5.41) is 22.5. The number of rotatable bonds is 7. The highest BCUT2D eigenvalue weighted by Crippen LogP contribution is 2.21. The summed E-state index contributed by atoms with van der Waals surface area (Å²) < 4.78 is 0. The molecule has 0 aliphatic heterocycles. The van der Waals surface area contributed by atoms with Crippen molar-refractivity contribution in [2.45, 2.75) is 26.3 Å². The molecule has 21 heavy (non-hydrogen) atoms. The highest BCUT2D eigenvalue weighted by Gasteiger charge is 2.24. The average Bonchev–Trinajstić information content (AvgIpc) is 2.46. The van der Waals surface area contributed by atoms with Gasteiger partial charge in [0.1, 0.15) is 12.0 Å². The molecule has 0 saturated heterocycles. The van der Waals surface area contributed by atoms with Crippen LogP contribution in [0.4, 0.5) is 11.5 Å². The number of aromatic nitrogens is 1. The van der Waals surface area contributed by atoms with Crippen molar-refractivity contribution in [2.24, 2.45) is 0 Å². The second-order valence-electron chi connectivity index (χ2n) is 4.77. The number of aliphatic hydroxyl groups excluding tert-OH is 1. The summed E-state index contributed by atoms with van der Waals surface area (Å²) in [7, 11) is 1.60. The topological polar surface area (TPSA) is 109 Å².